The molecule has 1 aromatic carbocycles. The Morgan fingerprint density at radius 2 is 1.91 bits per heavy atom. The van der Waals surface area contributed by atoms with Crippen molar-refractivity contribution in [2.75, 3.05) is 0 Å². The summed E-state index contributed by atoms with van der Waals surface area (Å²) in [7, 11) is 0. The molecule has 4 nitrogen and oxygen atoms in total. The average Bonchev–Trinajstić information content (AvgIpc) is 2.35. The van der Waals surface area contributed by atoms with Crippen LogP contribution in [-0.4, -0.2) is 28.1 Å². The lowest BCUT2D eigenvalue weighted by Gasteiger charge is -2.44. The van der Waals surface area contributed by atoms with Crippen LogP contribution in [0, 0.1) is 17.7 Å². The van der Waals surface area contributed by atoms with Gasteiger partial charge in [-0.2, -0.15) is 0 Å². The molecule has 1 aliphatic rings. The van der Waals surface area contributed by atoms with Crippen LogP contribution in [0.3, 0.4) is 0 Å². The summed E-state index contributed by atoms with van der Waals surface area (Å²) in [6.45, 7) is 4.02. The molecule has 1 aromatic rings. The number of carbonyl (C=O) groups excluding carboxylic acids is 3. The number of ketones is 3. The molecule has 0 heterocycles. The van der Waals surface area contributed by atoms with Crippen LogP contribution in [0.25, 0.3) is 0 Å². The van der Waals surface area contributed by atoms with E-state index < -0.39 is 35.0 Å². The largest absolute Gasteiger partial charge is 0.389 e. The first-order valence-corrected chi connectivity index (χ1v) is 7.16. The molecule has 0 bridgehead atoms. The molecule has 5 heteroatoms. The Morgan fingerprint density at radius 1 is 1.27 bits per heavy atom. The van der Waals surface area contributed by atoms with Crippen molar-refractivity contribution in [2.24, 2.45) is 11.8 Å². The number of halogens is 1. The van der Waals surface area contributed by atoms with Gasteiger partial charge in [-0.05, 0) is 38.5 Å². The SMILES string of the molecule is CC(=O)[C@H]1C(=O)C[C@@](C)(O)[C@H](C(C)=O)[C@H]1c1cccc(F)c1. The summed E-state index contributed by atoms with van der Waals surface area (Å²) in [6, 6.07) is 5.50. The van der Waals surface area contributed by atoms with Crippen molar-refractivity contribution < 1.29 is 23.9 Å². The van der Waals surface area contributed by atoms with Gasteiger partial charge in [0.25, 0.3) is 0 Å². The van der Waals surface area contributed by atoms with Gasteiger partial charge in [-0.25, -0.2) is 4.39 Å². The lowest BCUT2D eigenvalue weighted by atomic mass is 9.60. The first kappa shape index (κ1) is 16.5. The van der Waals surface area contributed by atoms with E-state index in [0.29, 0.717) is 5.56 Å². The Labute approximate surface area is 128 Å². The molecular formula is C17H19FO4. The maximum Gasteiger partial charge on any atom is 0.146 e. The van der Waals surface area contributed by atoms with E-state index in [0.717, 1.165) is 0 Å². The van der Waals surface area contributed by atoms with Gasteiger partial charge in [-0.3, -0.25) is 14.4 Å². The molecule has 0 radical (unpaired) electrons. The maximum atomic E-state index is 13.6. The van der Waals surface area contributed by atoms with Crippen LogP contribution in [0.2, 0.25) is 0 Å². The fraction of sp³-hybridized carbons (Fsp3) is 0.471. The molecule has 22 heavy (non-hydrogen) atoms. The summed E-state index contributed by atoms with van der Waals surface area (Å²) in [6.07, 6.45) is -0.257. The second kappa shape index (κ2) is 5.72. The zero-order valence-corrected chi connectivity index (χ0v) is 12.8. The fourth-order valence-corrected chi connectivity index (χ4v) is 3.62. The molecule has 1 N–H and O–H groups in total. The van der Waals surface area contributed by atoms with Gasteiger partial charge in [-0.15, -0.1) is 0 Å². The van der Waals surface area contributed by atoms with Gasteiger partial charge in [0.15, 0.2) is 0 Å². The Balaban J connectivity index is 2.64. The summed E-state index contributed by atoms with van der Waals surface area (Å²) in [5.74, 6) is -4.43. The van der Waals surface area contributed by atoms with Gasteiger partial charge in [0.1, 0.15) is 23.2 Å². The minimum absolute atomic E-state index is 0.257. The lowest BCUT2D eigenvalue weighted by Crippen LogP contribution is -2.53. The van der Waals surface area contributed by atoms with Gasteiger partial charge in [0.2, 0.25) is 0 Å². The zero-order chi connectivity index (χ0) is 16.7. The van der Waals surface area contributed by atoms with E-state index >= 15 is 0 Å². The monoisotopic (exact) mass is 306 g/mol. The van der Waals surface area contributed by atoms with Crippen LogP contribution in [0.1, 0.15) is 38.7 Å². The van der Waals surface area contributed by atoms with E-state index in [-0.39, 0.29) is 18.0 Å². The predicted molar refractivity (Wildman–Crippen MR) is 77.7 cm³/mol. The highest BCUT2D eigenvalue weighted by molar-refractivity contribution is 6.05. The molecule has 1 fully saturated rings. The molecule has 2 rings (SSSR count). The van der Waals surface area contributed by atoms with E-state index in [9.17, 15) is 23.9 Å². The quantitative estimate of drug-likeness (QED) is 0.868. The molecule has 0 spiro atoms. The van der Waals surface area contributed by atoms with Gasteiger partial charge in [0.05, 0.1) is 17.4 Å². The van der Waals surface area contributed by atoms with Crippen LogP contribution >= 0.6 is 0 Å². The van der Waals surface area contributed by atoms with Gasteiger partial charge in [-0.1, -0.05) is 12.1 Å². The number of rotatable bonds is 3. The normalized spacial score (nSPS) is 31.9. The summed E-state index contributed by atoms with van der Waals surface area (Å²) in [5, 5.41) is 10.5. The summed E-state index contributed by atoms with van der Waals surface area (Å²) >= 11 is 0. The lowest BCUT2D eigenvalue weighted by molar-refractivity contribution is -0.151. The van der Waals surface area contributed by atoms with Crippen LogP contribution in [0.4, 0.5) is 4.39 Å². The molecule has 0 aliphatic heterocycles. The van der Waals surface area contributed by atoms with Crippen LogP contribution in [0.15, 0.2) is 24.3 Å². The molecule has 1 saturated carbocycles. The van der Waals surface area contributed by atoms with Gasteiger partial charge in [0, 0.05) is 12.3 Å². The average molecular weight is 306 g/mol. The number of aliphatic hydroxyl groups is 1. The van der Waals surface area contributed by atoms with Crippen molar-refractivity contribution in [3.05, 3.63) is 35.6 Å². The number of hydrogen-bond acceptors (Lipinski definition) is 4. The van der Waals surface area contributed by atoms with Crippen LogP contribution in [-0.2, 0) is 14.4 Å². The zero-order valence-electron chi connectivity index (χ0n) is 12.8. The van der Waals surface area contributed by atoms with Crippen LogP contribution < -0.4 is 0 Å². The van der Waals surface area contributed by atoms with Crippen molar-refractivity contribution in [3.63, 3.8) is 0 Å². The standard InChI is InChI=1S/C17H19FO4/c1-9(19)14-13(21)8-17(3,22)16(10(2)20)15(14)11-5-4-6-12(18)7-11/h4-7,14-16,22H,8H2,1-3H3/t14-,15-,16+,17+/m0/s1. The summed E-state index contributed by atoms with van der Waals surface area (Å²) in [4.78, 5) is 36.3. The van der Waals surface area contributed by atoms with E-state index in [1.807, 2.05) is 0 Å². The van der Waals surface area contributed by atoms with E-state index in [1.165, 1.54) is 39.0 Å². The molecule has 0 amide bonds. The minimum atomic E-state index is -1.55. The highest BCUT2D eigenvalue weighted by atomic mass is 19.1. The minimum Gasteiger partial charge on any atom is -0.389 e. The Bertz CT molecular complexity index is 635. The van der Waals surface area contributed by atoms with Gasteiger partial charge < -0.3 is 5.11 Å². The Morgan fingerprint density at radius 3 is 2.41 bits per heavy atom. The number of carbonyl (C=O) groups is 3. The highest BCUT2D eigenvalue weighted by Crippen LogP contribution is 2.46. The van der Waals surface area contributed by atoms with E-state index in [4.69, 9.17) is 0 Å². The molecule has 4 atom stereocenters. The summed E-state index contributed by atoms with van der Waals surface area (Å²) in [5.41, 5.74) is -1.17. The second-order valence-electron chi connectivity index (χ2n) is 6.26. The smallest absolute Gasteiger partial charge is 0.146 e. The fourth-order valence-electron chi connectivity index (χ4n) is 3.62. The van der Waals surface area contributed by atoms with Crippen molar-refractivity contribution in [3.8, 4) is 0 Å². The van der Waals surface area contributed by atoms with Crippen LogP contribution in [0.5, 0.6) is 0 Å². The highest BCUT2D eigenvalue weighted by Gasteiger charge is 2.53. The molecule has 1 aliphatic carbocycles. The maximum absolute atomic E-state index is 13.6. The Hall–Kier alpha value is -1.88. The number of hydrogen-bond donors (Lipinski definition) is 1. The Kier molecular flexibility index (Phi) is 4.29. The molecular weight excluding hydrogens is 287 g/mol. The number of benzene rings is 1. The summed E-state index contributed by atoms with van der Waals surface area (Å²) < 4.78 is 13.6. The first-order chi connectivity index (χ1) is 10.1. The second-order valence-corrected chi connectivity index (χ2v) is 6.26. The first-order valence-electron chi connectivity index (χ1n) is 7.16. The van der Waals surface area contributed by atoms with Crippen molar-refractivity contribution >= 4 is 17.3 Å². The van der Waals surface area contributed by atoms with E-state index in [1.54, 1.807) is 6.07 Å². The van der Waals surface area contributed by atoms with E-state index in [2.05, 4.69) is 0 Å². The molecule has 0 aromatic heterocycles. The van der Waals surface area contributed by atoms with Crippen molar-refractivity contribution in [1.82, 2.24) is 0 Å². The predicted octanol–water partition coefficient (Wildman–Crippen LogP) is 2.04. The molecule has 0 saturated heterocycles. The van der Waals surface area contributed by atoms with Gasteiger partial charge >= 0.3 is 0 Å². The molecule has 118 valence electrons. The topological polar surface area (TPSA) is 71.4 Å². The van der Waals surface area contributed by atoms with Crippen molar-refractivity contribution in [2.45, 2.75) is 38.7 Å². The third-order valence-electron chi connectivity index (χ3n) is 4.38. The third-order valence-corrected chi connectivity index (χ3v) is 4.38. The van der Waals surface area contributed by atoms with Crippen molar-refractivity contribution in [1.29, 1.82) is 0 Å². The third kappa shape index (κ3) is 2.86. The molecule has 0 unspecified atom stereocenters. The number of Topliss-reactive ketones (excluding diaryl/α,β-unsaturated/α-hetero) is 3.